The fraction of sp³-hybridized carbons (Fsp3) is 0.316. The number of amides is 1. The molecular formula is C19H21N3O2S. The average molecular weight is 355 g/mol. The molecule has 3 rings (SSSR count). The maximum atomic E-state index is 13.2. The number of ether oxygens (including phenoxy) is 1. The van der Waals surface area contributed by atoms with Gasteiger partial charge in [0.05, 0.1) is 16.8 Å². The molecule has 0 aliphatic heterocycles. The van der Waals surface area contributed by atoms with E-state index in [0.29, 0.717) is 35.6 Å². The third-order valence-corrected chi connectivity index (χ3v) is 4.65. The molecule has 130 valence electrons. The number of carbonyl (C=O) groups excluding carboxylic acids is 1. The third-order valence-electron chi connectivity index (χ3n) is 3.59. The minimum Gasteiger partial charge on any atom is -0.477 e. The van der Waals surface area contributed by atoms with Crippen LogP contribution in [-0.2, 0) is 0 Å². The lowest BCUT2D eigenvalue weighted by atomic mass is 10.2. The maximum Gasteiger partial charge on any atom is 0.265 e. The largest absolute Gasteiger partial charge is 0.477 e. The van der Waals surface area contributed by atoms with Crippen molar-refractivity contribution < 1.29 is 9.53 Å². The number of benzene rings is 1. The van der Waals surface area contributed by atoms with Crippen molar-refractivity contribution in [3.05, 3.63) is 48.2 Å². The Bertz CT molecular complexity index is 843. The summed E-state index contributed by atoms with van der Waals surface area (Å²) < 4.78 is 6.60. The molecule has 0 spiro atoms. The summed E-state index contributed by atoms with van der Waals surface area (Å²) in [5, 5.41) is 0.700. The summed E-state index contributed by atoms with van der Waals surface area (Å²) >= 11 is 1.52. The van der Waals surface area contributed by atoms with E-state index in [1.54, 1.807) is 23.2 Å². The Morgan fingerprint density at radius 2 is 2.04 bits per heavy atom. The molecule has 1 amide bonds. The second kappa shape index (κ2) is 7.61. The molecule has 0 unspecified atom stereocenters. The summed E-state index contributed by atoms with van der Waals surface area (Å²) in [7, 11) is 0. The van der Waals surface area contributed by atoms with E-state index in [4.69, 9.17) is 4.74 Å². The van der Waals surface area contributed by atoms with Crippen LogP contribution in [0.2, 0.25) is 0 Å². The molecule has 0 fully saturated rings. The summed E-state index contributed by atoms with van der Waals surface area (Å²) in [5.74, 6) is 0.539. The van der Waals surface area contributed by atoms with Gasteiger partial charge < -0.3 is 4.74 Å². The Morgan fingerprint density at radius 3 is 2.76 bits per heavy atom. The molecule has 0 atom stereocenters. The number of pyridine rings is 1. The Balaban J connectivity index is 2.02. The summed E-state index contributed by atoms with van der Waals surface area (Å²) in [6, 6.07) is 11.4. The van der Waals surface area contributed by atoms with Gasteiger partial charge in [0.1, 0.15) is 5.56 Å². The van der Waals surface area contributed by atoms with Crippen molar-refractivity contribution in [3.63, 3.8) is 0 Å². The summed E-state index contributed by atoms with van der Waals surface area (Å²) in [6.45, 7) is 7.09. The summed E-state index contributed by atoms with van der Waals surface area (Å²) in [5.41, 5.74) is 1.37. The molecule has 5 nitrogen and oxygen atoms in total. The topological polar surface area (TPSA) is 55.3 Å². The number of aromatic nitrogens is 2. The summed E-state index contributed by atoms with van der Waals surface area (Å²) in [4.78, 5) is 23.8. The van der Waals surface area contributed by atoms with Gasteiger partial charge in [-0.3, -0.25) is 9.69 Å². The number of para-hydroxylation sites is 1. The molecule has 2 aromatic heterocycles. The van der Waals surface area contributed by atoms with Crippen LogP contribution < -0.4 is 9.64 Å². The number of anilines is 1. The first-order chi connectivity index (χ1) is 12.1. The van der Waals surface area contributed by atoms with Crippen LogP contribution in [0, 0.1) is 5.92 Å². The van der Waals surface area contributed by atoms with E-state index < -0.39 is 0 Å². The van der Waals surface area contributed by atoms with Gasteiger partial charge in [-0.2, -0.15) is 0 Å². The lowest BCUT2D eigenvalue weighted by Crippen LogP contribution is -2.34. The van der Waals surface area contributed by atoms with Crippen molar-refractivity contribution in [1.29, 1.82) is 0 Å². The molecule has 0 saturated heterocycles. The van der Waals surface area contributed by atoms with Crippen molar-refractivity contribution in [2.75, 3.05) is 18.1 Å². The molecule has 2 heterocycles. The van der Waals surface area contributed by atoms with E-state index in [1.807, 2.05) is 31.2 Å². The average Bonchev–Trinajstić information content (AvgIpc) is 3.03. The Kier molecular flexibility index (Phi) is 5.28. The van der Waals surface area contributed by atoms with Crippen molar-refractivity contribution in [2.45, 2.75) is 20.8 Å². The van der Waals surface area contributed by atoms with Gasteiger partial charge in [0.15, 0.2) is 5.13 Å². The van der Waals surface area contributed by atoms with E-state index >= 15 is 0 Å². The van der Waals surface area contributed by atoms with Crippen LogP contribution in [0.1, 0.15) is 31.1 Å². The molecular weight excluding hydrogens is 334 g/mol. The number of rotatable bonds is 6. The van der Waals surface area contributed by atoms with Gasteiger partial charge in [0.2, 0.25) is 5.88 Å². The van der Waals surface area contributed by atoms with Crippen LogP contribution >= 0.6 is 11.3 Å². The van der Waals surface area contributed by atoms with Crippen LogP contribution in [0.3, 0.4) is 0 Å². The SMILES string of the molecule is CCOc1ncccc1C(=O)N(CC(C)C)c1nc2ccccc2s1. The van der Waals surface area contributed by atoms with E-state index in [2.05, 4.69) is 23.8 Å². The van der Waals surface area contributed by atoms with Gasteiger partial charge in [-0.05, 0) is 37.1 Å². The number of thiazole rings is 1. The molecule has 0 N–H and O–H groups in total. The van der Waals surface area contributed by atoms with Crippen molar-refractivity contribution >= 4 is 32.6 Å². The van der Waals surface area contributed by atoms with Crippen LogP contribution in [-0.4, -0.2) is 29.0 Å². The molecule has 1 aromatic carbocycles. The molecule has 0 saturated carbocycles. The lowest BCUT2D eigenvalue weighted by molar-refractivity contribution is 0.0979. The highest BCUT2D eigenvalue weighted by Gasteiger charge is 2.25. The molecule has 0 aliphatic carbocycles. The van der Waals surface area contributed by atoms with Gasteiger partial charge >= 0.3 is 0 Å². The lowest BCUT2D eigenvalue weighted by Gasteiger charge is -2.22. The molecule has 0 radical (unpaired) electrons. The number of nitrogens with zero attached hydrogens (tertiary/aromatic N) is 3. The van der Waals surface area contributed by atoms with Crippen molar-refractivity contribution in [2.24, 2.45) is 5.92 Å². The highest BCUT2D eigenvalue weighted by atomic mass is 32.1. The molecule has 25 heavy (non-hydrogen) atoms. The first-order valence-electron chi connectivity index (χ1n) is 8.35. The monoisotopic (exact) mass is 355 g/mol. The third kappa shape index (κ3) is 3.79. The Labute approximate surface area is 151 Å². The highest BCUT2D eigenvalue weighted by molar-refractivity contribution is 7.22. The van der Waals surface area contributed by atoms with Gasteiger partial charge in [-0.15, -0.1) is 0 Å². The second-order valence-corrected chi connectivity index (χ2v) is 7.07. The minimum absolute atomic E-state index is 0.135. The fourth-order valence-corrected chi connectivity index (χ4v) is 3.51. The molecule has 0 aliphatic rings. The molecule has 0 bridgehead atoms. The first kappa shape index (κ1) is 17.4. The Morgan fingerprint density at radius 1 is 1.24 bits per heavy atom. The highest BCUT2D eigenvalue weighted by Crippen LogP contribution is 2.31. The normalized spacial score (nSPS) is 11.0. The standard InChI is InChI=1S/C19H21N3O2S/c1-4-24-17-14(8-7-11-20-17)18(23)22(12-13(2)3)19-21-15-9-5-6-10-16(15)25-19/h5-11,13H,4,12H2,1-3H3. The predicted molar refractivity (Wildman–Crippen MR) is 102 cm³/mol. The van der Waals surface area contributed by atoms with E-state index in [0.717, 1.165) is 10.2 Å². The number of fused-ring (bicyclic) bond motifs is 1. The number of hydrogen-bond donors (Lipinski definition) is 0. The zero-order valence-corrected chi connectivity index (χ0v) is 15.4. The summed E-state index contributed by atoms with van der Waals surface area (Å²) in [6.07, 6.45) is 1.63. The Hall–Kier alpha value is -2.47. The maximum absolute atomic E-state index is 13.2. The van der Waals surface area contributed by atoms with E-state index in [-0.39, 0.29) is 5.91 Å². The van der Waals surface area contributed by atoms with Crippen LogP contribution in [0.5, 0.6) is 5.88 Å². The predicted octanol–water partition coefficient (Wildman–Crippen LogP) is 4.39. The van der Waals surface area contributed by atoms with Gasteiger partial charge in [-0.1, -0.05) is 37.3 Å². The van der Waals surface area contributed by atoms with Gasteiger partial charge in [0, 0.05) is 12.7 Å². The second-order valence-electron chi connectivity index (χ2n) is 6.06. The molecule has 6 heteroatoms. The minimum atomic E-state index is -0.135. The van der Waals surface area contributed by atoms with Crippen LogP contribution in [0.25, 0.3) is 10.2 Å². The fourth-order valence-electron chi connectivity index (χ4n) is 2.54. The van der Waals surface area contributed by atoms with Gasteiger partial charge in [0.25, 0.3) is 5.91 Å². The van der Waals surface area contributed by atoms with Crippen LogP contribution in [0.4, 0.5) is 5.13 Å². The first-order valence-corrected chi connectivity index (χ1v) is 9.17. The number of carbonyl (C=O) groups is 1. The quantitative estimate of drug-likeness (QED) is 0.658. The van der Waals surface area contributed by atoms with E-state index in [1.165, 1.54) is 11.3 Å². The van der Waals surface area contributed by atoms with Crippen molar-refractivity contribution in [1.82, 2.24) is 9.97 Å². The zero-order chi connectivity index (χ0) is 17.8. The van der Waals surface area contributed by atoms with Crippen molar-refractivity contribution in [3.8, 4) is 5.88 Å². The number of hydrogen-bond acceptors (Lipinski definition) is 5. The smallest absolute Gasteiger partial charge is 0.265 e. The van der Waals surface area contributed by atoms with E-state index in [9.17, 15) is 4.79 Å². The van der Waals surface area contributed by atoms with Crippen LogP contribution in [0.15, 0.2) is 42.6 Å². The zero-order valence-electron chi connectivity index (χ0n) is 14.6. The molecule has 3 aromatic rings. The van der Waals surface area contributed by atoms with Gasteiger partial charge in [-0.25, -0.2) is 9.97 Å².